The lowest BCUT2D eigenvalue weighted by atomic mass is 9.74. The van der Waals surface area contributed by atoms with Crippen molar-refractivity contribution < 1.29 is 0 Å². The zero-order valence-electron chi connectivity index (χ0n) is 32.9. The first-order valence-corrected chi connectivity index (χ1v) is 20.5. The second kappa shape index (κ2) is 14.2. The van der Waals surface area contributed by atoms with Crippen molar-refractivity contribution >= 4 is 38.6 Å². The SMILES string of the molecule is CC1(c2ccccc2)c2ccccc2-c2c(-c3ccc(N(c4ccc5ccccc5c4)c4ccccc4-c4ccc(-c5cccc6ccccc56)cc4)cc3)cccc21. The van der Waals surface area contributed by atoms with Gasteiger partial charge in [-0.3, -0.25) is 0 Å². The van der Waals surface area contributed by atoms with E-state index in [0.717, 1.165) is 17.1 Å². The number of fused-ring (bicyclic) bond motifs is 5. The molecule has 0 spiro atoms. The largest absolute Gasteiger partial charge is 0.310 e. The molecule has 0 aliphatic heterocycles. The van der Waals surface area contributed by atoms with E-state index in [1.165, 1.54) is 82.7 Å². The average molecular weight is 752 g/mol. The van der Waals surface area contributed by atoms with Gasteiger partial charge in [-0.1, -0.05) is 200 Å². The van der Waals surface area contributed by atoms with E-state index in [-0.39, 0.29) is 5.41 Å². The van der Waals surface area contributed by atoms with Crippen LogP contribution in [0.3, 0.4) is 0 Å². The molecule has 0 heterocycles. The number of para-hydroxylation sites is 1. The monoisotopic (exact) mass is 751 g/mol. The number of hydrogen-bond donors (Lipinski definition) is 0. The molecule has 1 aliphatic rings. The van der Waals surface area contributed by atoms with Gasteiger partial charge in [-0.2, -0.15) is 0 Å². The average Bonchev–Trinajstić information content (AvgIpc) is 3.58. The quantitative estimate of drug-likeness (QED) is 0.157. The van der Waals surface area contributed by atoms with Crippen molar-refractivity contribution in [3.8, 4) is 44.5 Å². The van der Waals surface area contributed by atoms with E-state index in [0.29, 0.717) is 0 Å². The van der Waals surface area contributed by atoms with Gasteiger partial charge in [0.15, 0.2) is 0 Å². The predicted molar refractivity (Wildman–Crippen MR) is 250 cm³/mol. The first-order valence-electron chi connectivity index (χ1n) is 20.5. The van der Waals surface area contributed by atoms with Crippen LogP contribution in [0, 0.1) is 0 Å². The Hall–Kier alpha value is -7.48. The van der Waals surface area contributed by atoms with E-state index in [1.54, 1.807) is 0 Å². The van der Waals surface area contributed by atoms with Crippen LogP contribution in [-0.2, 0) is 5.41 Å². The molecule has 1 unspecified atom stereocenters. The number of benzene rings is 10. The molecule has 0 bridgehead atoms. The van der Waals surface area contributed by atoms with Crippen LogP contribution >= 0.6 is 0 Å². The van der Waals surface area contributed by atoms with Gasteiger partial charge in [-0.15, -0.1) is 0 Å². The van der Waals surface area contributed by atoms with Gasteiger partial charge in [-0.05, 0) is 114 Å². The molecular weight excluding hydrogens is 711 g/mol. The van der Waals surface area contributed by atoms with Crippen LogP contribution in [0.25, 0.3) is 66.1 Å². The first kappa shape index (κ1) is 34.7. The van der Waals surface area contributed by atoms with Crippen molar-refractivity contribution in [3.05, 3.63) is 247 Å². The van der Waals surface area contributed by atoms with Crippen molar-refractivity contribution in [1.82, 2.24) is 0 Å². The van der Waals surface area contributed by atoms with Gasteiger partial charge in [0.1, 0.15) is 0 Å². The summed E-state index contributed by atoms with van der Waals surface area (Å²) in [7, 11) is 0. The molecule has 0 saturated carbocycles. The fraction of sp³-hybridized carbons (Fsp3) is 0.0345. The molecule has 0 N–H and O–H groups in total. The summed E-state index contributed by atoms with van der Waals surface area (Å²) in [4.78, 5) is 2.42. The lowest BCUT2D eigenvalue weighted by Crippen LogP contribution is -2.22. The molecule has 59 heavy (non-hydrogen) atoms. The van der Waals surface area contributed by atoms with Gasteiger partial charge in [0, 0.05) is 22.4 Å². The highest BCUT2D eigenvalue weighted by atomic mass is 15.1. The molecule has 0 saturated heterocycles. The summed E-state index contributed by atoms with van der Waals surface area (Å²) < 4.78 is 0. The summed E-state index contributed by atoms with van der Waals surface area (Å²) >= 11 is 0. The van der Waals surface area contributed by atoms with E-state index < -0.39 is 0 Å². The Labute approximate surface area is 346 Å². The topological polar surface area (TPSA) is 3.24 Å². The third-order valence-corrected chi connectivity index (χ3v) is 12.6. The maximum atomic E-state index is 2.42. The van der Waals surface area contributed by atoms with E-state index in [4.69, 9.17) is 0 Å². The molecule has 1 aliphatic carbocycles. The maximum Gasteiger partial charge on any atom is 0.0540 e. The molecule has 10 aromatic carbocycles. The van der Waals surface area contributed by atoms with Gasteiger partial charge in [0.05, 0.1) is 5.69 Å². The number of anilines is 3. The molecule has 1 nitrogen and oxygen atoms in total. The summed E-state index contributed by atoms with van der Waals surface area (Å²) in [6.45, 7) is 2.38. The van der Waals surface area contributed by atoms with Gasteiger partial charge in [0.2, 0.25) is 0 Å². The molecule has 0 amide bonds. The van der Waals surface area contributed by atoms with Crippen molar-refractivity contribution in [2.45, 2.75) is 12.3 Å². The summed E-state index contributed by atoms with van der Waals surface area (Å²) in [5, 5.41) is 4.96. The minimum absolute atomic E-state index is 0.243. The van der Waals surface area contributed by atoms with Gasteiger partial charge in [-0.25, -0.2) is 0 Å². The summed E-state index contributed by atoms with van der Waals surface area (Å²) in [5.41, 5.74) is 17.0. The normalized spacial score (nSPS) is 14.3. The Morgan fingerprint density at radius 1 is 0.339 bits per heavy atom. The minimum atomic E-state index is -0.243. The molecule has 11 rings (SSSR count). The fourth-order valence-electron chi connectivity index (χ4n) is 9.62. The van der Waals surface area contributed by atoms with E-state index in [1.807, 2.05) is 0 Å². The van der Waals surface area contributed by atoms with Gasteiger partial charge < -0.3 is 4.90 Å². The lowest BCUT2D eigenvalue weighted by Gasteiger charge is -2.29. The molecule has 0 aromatic heterocycles. The standard InChI is InChI=1S/C58H41N/c1-58(46-19-3-2-4-20-46)54-26-11-9-23-53(54)57-52(25-14-27-55(57)58)44-34-36-47(37-35-44)59(48-38-33-40-15-5-6-17-45(40)39-48)56-28-12-10-22-51(56)43-31-29-42(30-32-43)50-24-13-18-41-16-7-8-21-49(41)50/h2-39H,1H3. The summed E-state index contributed by atoms with van der Waals surface area (Å²) in [6, 6.07) is 84.5. The highest BCUT2D eigenvalue weighted by Crippen LogP contribution is 2.55. The van der Waals surface area contributed by atoms with Crippen LogP contribution in [0.1, 0.15) is 23.6 Å². The number of nitrogens with zero attached hydrogens (tertiary/aromatic N) is 1. The Kier molecular flexibility index (Phi) is 8.34. The predicted octanol–water partition coefficient (Wildman–Crippen LogP) is 15.8. The van der Waals surface area contributed by atoms with Crippen LogP contribution in [-0.4, -0.2) is 0 Å². The van der Waals surface area contributed by atoms with Crippen LogP contribution in [0.15, 0.2) is 231 Å². The fourth-order valence-corrected chi connectivity index (χ4v) is 9.62. The molecule has 0 radical (unpaired) electrons. The van der Waals surface area contributed by atoms with Crippen molar-refractivity contribution in [2.24, 2.45) is 0 Å². The van der Waals surface area contributed by atoms with Crippen LogP contribution in [0.2, 0.25) is 0 Å². The highest BCUT2D eigenvalue weighted by Gasteiger charge is 2.41. The van der Waals surface area contributed by atoms with Crippen molar-refractivity contribution in [1.29, 1.82) is 0 Å². The molecule has 1 heteroatoms. The van der Waals surface area contributed by atoms with E-state index in [9.17, 15) is 0 Å². The summed E-state index contributed by atoms with van der Waals surface area (Å²) in [5.74, 6) is 0. The number of rotatable bonds is 7. The Morgan fingerprint density at radius 3 is 1.68 bits per heavy atom. The Bertz CT molecular complexity index is 3150. The van der Waals surface area contributed by atoms with Crippen LogP contribution < -0.4 is 4.90 Å². The number of hydrogen-bond acceptors (Lipinski definition) is 1. The zero-order valence-corrected chi connectivity index (χ0v) is 32.9. The molecular formula is C58H41N. The second-order valence-electron chi connectivity index (χ2n) is 15.8. The van der Waals surface area contributed by atoms with Gasteiger partial charge >= 0.3 is 0 Å². The van der Waals surface area contributed by atoms with Crippen LogP contribution in [0.4, 0.5) is 17.1 Å². The molecule has 10 aromatic rings. The smallest absolute Gasteiger partial charge is 0.0540 e. The Balaban J connectivity index is 1.03. The minimum Gasteiger partial charge on any atom is -0.310 e. The van der Waals surface area contributed by atoms with Crippen molar-refractivity contribution in [3.63, 3.8) is 0 Å². The lowest BCUT2D eigenvalue weighted by molar-refractivity contribution is 0.714. The Morgan fingerprint density at radius 2 is 0.864 bits per heavy atom. The molecule has 0 fully saturated rings. The molecule has 1 atom stereocenters. The van der Waals surface area contributed by atoms with E-state index in [2.05, 4.69) is 242 Å². The van der Waals surface area contributed by atoms with Crippen LogP contribution in [0.5, 0.6) is 0 Å². The summed E-state index contributed by atoms with van der Waals surface area (Å²) in [6.07, 6.45) is 0. The third kappa shape index (κ3) is 5.77. The third-order valence-electron chi connectivity index (χ3n) is 12.6. The maximum absolute atomic E-state index is 2.42. The highest BCUT2D eigenvalue weighted by molar-refractivity contribution is 5.98. The van der Waals surface area contributed by atoms with Gasteiger partial charge in [0.25, 0.3) is 0 Å². The first-order chi connectivity index (χ1) is 29.1. The molecule has 278 valence electrons. The second-order valence-corrected chi connectivity index (χ2v) is 15.8. The van der Waals surface area contributed by atoms with Crippen molar-refractivity contribution in [2.75, 3.05) is 4.90 Å². The van der Waals surface area contributed by atoms with E-state index >= 15 is 0 Å². The zero-order chi connectivity index (χ0) is 39.3.